The van der Waals surface area contributed by atoms with E-state index in [1.807, 2.05) is 7.05 Å². The Morgan fingerprint density at radius 2 is 2.10 bits per heavy atom. The molecule has 1 N–H and O–H groups in total. The molecule has 2 nitrogen and oxygen atoms in total. The van der Waals surface area contributed by atoms with Crippen LogP contribution in [0.15, 0.2) is 0 Å². The van der Waals surface area contributed by atoms with Crippen LogP contribution in [0.1, 0.15) is 26.2 Å². The molecule has 1 aliphatic rings. The smallest absolute Gasteiger partial charge is 0.0839 e. The van der Waals surface area contributed by atoms with Crippen LogP contribution < -0.4 is 5.32 Å². The third-order valence-corrected chi connectivity index (χ3v) is 2.00. The van der Waals surface area contributed by atoms with Gasteiger partial charge in [0.15, 0.2) is 0 Å². The fourth-order valence-electron chi connectivity index (χ4n) is 1.18. The summed E-state index contributed by atoms with van der Waals surface area (Å²) in [7, 11) is 2.00. The SMILES string of the molecule is CNCCCCC1OC1C. The molecule has 2 heteroatoms. The van der Waals surface area contributed by atoms with E-state index in [0.29, 0.717) is 12.2 Å². The monoisotopic (exact) mass is 143 g/mol. The van der Waals surface area contributed by atoms with Crippen LogP contribution in [0.25, 0.3) is 0 Å². The summed E-state index contributed by atoms with van der Waals surface area (Å²) in [5, 5.41) is 3.13. The van der Waals surface area contributed by atoms with Gasteiger partial charge in [0, 0.05) is 0 Å². The van der Waals surface area contributed by atoms with E-state index in [9.17, 15) is 0 Å². The zero-order chi connectivity index (χ0) is 7.40. The van der Waals surface area contributed by atoms with Crippen LogP contribution in [0.3, 0.4) is 0 Å². The first kappa shape index (κ1) is 8.02. The van der Waals surface area contributed by atoms with E-state index in [-0.39, 0.29) is 0 Å². The molecule has 1 heterocycles. The van der Waals surface area contributed by atoms with Gasteiger partial charge in [0.25, 0.3) is 0 Å². The van der Waals surface area contributed by atoms with E-state index in [1.165, 1.54) is 19.3 Å². The predicted octanol–water partition coefficient (Wildman–Crippen LogP) is 1.16. The van der Waals surface area contributed by atoms with E-state index in [2.05, 4.69) is 12.2 Å². The summed E-state index contributed by atoms with van der Waals surface area (Å²) < 4.78 is 5.28. The van der Waals surface area contributed by atoms with E-state index >= 15 is 0 Å². The lowest BCUT2D eigenvalue weighted by molar-refractivity contribution is 0.365. The number of epoxide rings is 1. The lowest BCUT2D eigenvalue weighted by Crippen LogP contribution is -2.07. The third-order valence-electron chi connectivity index (χ3n) is 2.00. The van der Waals surface area contributed by atoms with Gasteiger partial charge in [-0.15, -0.1) is 0 Å². The Morgan fingerprint density at radius 3 is 2.60 bits per heavy atom. The van der Waals surface area contributed by atoms with Crippen LogP contribution in [-0.4, -0.2) is 25.8 Å². The van der Waals surface area contributed by atoms with Crippen molar-refractivity contribution in [3.8, 4) is 0 Å². The Morgan fingerprint density at radius 1 is 1.40 bits per heavy atom. The summed E-state index contributed by atoms with van der Waals surface area (Å²) >= 11 is 0. The highest BCUT2D eigenvalue weighted by Crippen LogP contribution is 2.25. The first-order valence-corrected chi connectivity index (χ1v) is 4.14. The molecule has 0 bridgehead atoms. The van der Waals surface area contributed by atoms with Crippen molar-refractivity contribution in [3.63, 3.8) is 0 Å². The molecular formula is C8H17NO. The second kappa shape index (κ2) is 3.94. The van der Waals surface area contributed by atoms with Gasteiger partial charge in [-0.1, -0.05) is 0 Å². The van der Waals surface area contributed by atoms with Crippen LogP contribution in [0.5, 0.6) is 0 Å². The molecule has 0 aromatic rings. The van der Waals surface area contributed by atoms with Crippen molar-refractivity contribution in [3.05, 3.63) is 0 Å². The van der Waals surface area contributed by atoms with Gasteiger partial charge in [0.2, 0.25) is 0 Å². The van der Waals surface area contributed by atoms with E-state index in [0.717, 1.165) is 6.54 Å². The molecule has 10 heavy (non-hydrogen) atoms. The molecule has 2 unspecified atom stereocenters. The van der Waals surface area contributed by atoms with Gasteiger partial charge in [-0.25, -0.2) is 0 Å². The summed E-state index contributed by atoms with van der Waals surface area (Å²) in [6, 6.07) is 0. The first-order valence-electron chi connectivity index (χ1n) is 4.14. The number of hydrogen-bond donors (Lipinski definition) is 1. The van der Waals surface area contributed by atoms with Gasteiger partial charge in [-0.2, -0.15) is 0 Å². The molecule has 0 spiro atoms. The van der Waals surface area contributed by atoms with Crippen LogP contribution in [0.2, 0.25) is 0 Å². The molecule has 0 aliphatic carbocycles. The van der Waals surface area contributed by atoms with Gasteiger partial charge in [-0.3, -0.25) is 0 Å². The minimum atomic E-state index is 0.551. The highest BCUT2D eigenvalue weighted by molar-refractivity contribution is 4.79. The van der Waals surface area contributed by atoms with Gasteiger partial charge in [-0.05, 0) is 39.8 Å². The highest BCUT2D eigenvalue weighted by Gasteiger charge is 2.32. The maximum atomic E-state index is 5.28. The summed E-state index contributed by atoms with van der Waals surface area (Å²) in [5.74, 6) is 0. The molecule has 1 rings (SSSR count). The zero-order valence-electron chi connectivity index (χ0n) is 6.89. The third kappa shape index (κ3) is 2.67. The van der Waals surface area contributed by atoms with E-state index in [4.69, 9.17) is 4.74 Å². The molecule has 60 valence electrons. The standard InChI is InChI=1S/C8H17NO/c1-7-8(10-7)5-3-4-6-9-2/h7-9H,3-6H2,1-2H3. The number of hydrogen-bond acceptors (Lipinski definition) is 2. The minimum Gasteiger partial charge on any atom is -0.370 e. The quantitative estimate of drug-likeness (QED) is 0.461. The second-order valence-electron chi connectivity index (χ2n) is 2.98. The number of rotatable bonds is 5. The summed E-state index contributed by atoms with van der Waals surface area (Å²) in [6.45, 7) is 3.28. The van der Waals surface area contributed by atoms with Crippen LogP contribution >= 0.6 is 0 Å². The maximum Gasteiger partial charge on any atom is 0.0839 e. The average Bonchev–Trinajstić information content (AvgIpc) is 2.60. The molecular weight excluding hydrogens is 126 g/mol. The maximum absolute atomic E-state index is 5.28. The second-order valence-corrected chi connectivity index (χ2v) is 2.98. The Hall–Kier alpha value is -0.0800. The minimum absolute atomic E-state index is 0.551. The Bertz CT molecular complexity index is 95.3. The van der Waals surface area contributed by atoms with Gasteiger partial charge < -0.3 is 10.1 Å². The fraction of sp³-hybridized carbons (Fsp3) is 1.00. The summed E-state index contributed by atoms with van der Waals surface area (Å²) in [6.07, 6.45) is 4.98. The topological polar surface area (TPSA) is 24.6 Å². The van der Waals surface area contributed by atoms with Crippen molar-refractivity contribution in [2.24, 2.45) is 0 Å². The molecule has 1 saturated heterocycles. The lowest BCUT2D eigenvalue weighted by Gasteiger charge is -1.96. The van der Waals surface area contributed by atoms with Crippen molar-refractivity contribution in [1.29, 1.82) is 0 Å². The fourth-order valence-corrected chi connectivity index (χ4v) is 1.18. The number of nitrogens with one attached hydrogen (secondary N) is 1. The predicted molar refractivity (Wildman–Crippen MR) is 42.1 cm³/mol. The first-order chi connectivity index (χ1) is 4.84. The van der Waals surface area contributed by atoms with Gasteiger partial charge in [0.1, 0.15) is 0 Å². The van der Waals surface area contributed by atoms with Crippen molar-refractivity contribution in [1.82, 2.24) is 5.32 Å². The number of ether oxygens (including phenoxy) is 1. The summed E-state index contributed by atoms with van der Waals surface area (Å²) in [5.41, 5.74) is 0. The van der Waals surface area contributed by atoms with Crippen LogP contribution in [-0.2, 0) is 4.74 Å². The molecule has 1 aliphatic heterocycles. The Kier molecular flexibility index (Phi) is 3.16. The molecule has 2 atom stereocenters. The van der Waals surface area contributed by atoms with Gasteiger partial charge in [0.05, 0.1) is 12.2 Å². The largest absolute Gasteiger partial charge is 0.370 e. The Labute approximate surface area is 63.0 Å². The van der Waals surface area contributed by atoms with Crippen molar-refractivity contribution >= 4 is 0 Å². The molecule has 0 aromatic heterocycles. The van der Waals surface area contributed by atoms with Gasteiger partial charge >= 0.3 is 0 Å². The molecule has 1 fully saturated rings. The van der Waals surface area contributed by atoms with Crippen molar-refractivity contribution in [2.75, 3.05) is 13.6 Å². The van der Waals surface area contributed by atoms with Crippen molar-refractivity contribution < 1.29 is 4.74 Å². The number of unbranched alkanes of at least 4 members (excludes halogenated alkanes) is 1. The van der Waals surface area contributed by atoms with Crippen LogP contribution in [0.4, 0.5) is 0 Å². The molecule has 0 aromatic carbocycles. The molecule has 0 saturated carbocycles. The average molecular weight is 143 g/mol. The normalized spacial score (nSPS) is 30.6. The lowest BCUT2D eigenvalue weighted by atomic mass is 10.1. The summed E-state index contributed by atoms with van der Waals surface area (Å²) in [4.78, 5) is 0. The Balaban J connectivity index is 1.78. The molecule has 0 amide bonds. The van der Waals surface area contributed by atoms with E-state index in [1.54, 1.807) is 0 Å². The zero-order valence-corrected chi connectivity index (χ0v) is 6.89. The van der Waals surface area contributed by atoms with Crippen molar-refractivity contribution in [2.45, 2.75) is 38.4 Å². The van der Waals surface area contributed by atoms with E-state index < -0.39 is 0 Å². The molecule has 0 radical (unpaired) electrons. The highest BCUT2D eigenvalue weighted by atomic mass is 16.6. The van der Waals surface area contributed by atoms with Crippen LogP contribution in [0, 0.1) is 0 Å².